The van der Waals surface area contributed by atoms with Crippen molar-refractivity contribution >= 4 is 28.6 Å². The van der Waals surface area contributed by atoms with Crippen molar-refractivity contribution in [1.29, 1.82) is 0 Å². The van der Waals surface area contributed by atoms with Crippen LogP contribution in [0, 0.1) is 0 Å². The van der Waals surface area contributed by atoms with E-state index in [0.29, 0.717) is 0 Å². The van der Waals surface area contributed by atoms with Crippen LogP contribution in [0.5, 0.6) is 0 Å². The molecule has 3 heteroatoms. The van der Waals surface area contributed by atoms with E-state index in [9.17, 15) is 4.79 Å². The highest BCUT2D eigenvalue weighted by molar-refractivity contribution is 6.16. The monoisotopic (exact) mass is 352 g/mol. The number of allylic oxidation sites excluding steroid dienone is 1. The van der Waals surface area contributed by atoms with E-state index in [2.05, 4.69) is 66.0 Å². The molecule has 0 amide bonds. The minimum atomic E-state index is -0.672. The molecule has 0 saturated heterocycles. The molecule has 0 radical (unpaired) electrons. The third-order valence-electron chi connectivity index (χ3n) is 6.29. The maximum absolute atomic E-state index is 13.9. The second-order valence-corrected chi connectivity index (χ2v) is 8.10. The van der Waals surface area contributed by atoms with E-state index in [1.165, 1.54) is 27.6 Å². The summed E-state index contributed by atoms with van der Waals surface area (Å²) in [6.07, 6.45) is 6.04. The van der Waals surface area contributed by atoms with E-state index >= 15 is 0 Å². The summed E-state index contributed by atoms with van der Waals surface area (Å²) in [4.78, 5) is 16.2. The Labute approximate surface area is 158 Å². The molecule has 6 rings (SSSR count). The zero-order valence-electron chi connectivity index (χ0n) is 15.5. The van der Waals surface area contributed by atoms with Crippen molar-refractivity contribution in [2.45, 2.75) is 32.2 Å². The number of anilines is 1. The van der Waals surface area contributed by atoms with Gasteiger partial charge < -0.3 is 9.47 Å². The van der Waals surface area contributed by atoms with Gasteiger partial charge in [-0.3, -0.25) is 4.79 Å². The Morgan fingerprint density at radius 3 is 2.59 bits per heavy atom. The Hall–Kier alpha value is -3.07. The summed E-state index contributed by atoms with van der Waals surface area (Å²) in [5.41, 5.74) is 7.35. The van der Waals surface area contributed by atoms with Crippen LogP contribution in [-0.2, 0) is 12.0 Å². The lowest BCUT2D eigenvalue weighted by Gasteiger charge is -2.40. The first-order valence-corrected chi connectivity index (χ1v) is 9.51. The largest absolute Gasteiger partial charge is 0.328 e. The predicted molar refractivity (Wildman–Crippen MR) is 109 cm³/mol. The minimum absolute atomic E-state index is 0.224. The van der Waals surface area contributed by atoms with Gasteiger partial charge in [0.15, 0.2) is 11.3 Å². The third kappa shape index (κ3) is 1.65. The van der Waals surface area contributed by atoms with Crippen LogP contribution in [0.3, 0.4) is 0 Å². The van der Waals surface area contributed by atoms with Gasteiger partial charge in [-0.05, 0) is 44.0 Å². The molecule has 3 nitrogen and oxygen atoms in total. The highest BCUT2D eigenvalue weighted by atomic mass is 16.1. The highest BCUT2D eigenvalue weighted by Crippen LogP contribution is 2.54. The van der Waals surface area contributed by atoms with Crippen LogP contribution in [0.4, 0.5) is 5.69 Å². The summed E-state index contributed by atoms with van der Waals surface area (Å²) < 4.78 is 2.28. The van der Waals surface area contributed by atoms with Gasteiger partial charge in [0.25, 0.3) is 0 Å². The lowest BCUT2D eigenvalue weighted by Crippen LogP contribution is -2.48. The van der Waals surface area contributed by atoms with Crippen molar-refractivity contribution in [3.63, 3.8) is 0 Å². The maximum atomic E-state index is 13.9. The summed E-state index contributed by atoms with van der Waals surface area (Å²) in [5, 5.41) is 1.26. The molecule has 3 aromatic rings. The number of ketones is 1. The molecule has 1 aromatic heterocycles. The Kier molecular flexibility index (Phi) is 2.67. The van der Waals surface area contributed by atoms with Crippen LogP contribution >= 0.6 is 0 Å². The number of hydrogen-bond donors (Lipinski definition) is 0. The Balaban J connectivity index is 1.82. The van der Waals surface area contributed by atoms with Gasteiger partial charge >= 0.3 is 0 Å². The molecule has 1 unspecified atom stereocenters. The first-order chi connectivity index (χ1) is 13.1. The summed E-state index contributed by atoms with van der Waals surface area (Å²) >= 11 is 0. The molecule has 0 fully saturated rings. The Bertz CT molecular complexity index is 1230. The zero-order valence-corrected chi connectivity index (χ0v) is 15.5. The number of rotatable bonds is 0. The number of benzene rings is 2. The molecule has 1 spiro atoms. The van der Waals surface area contributed by atoms with Gasteiger partial charge in [0.05, 0.1) is 16.9 Å². The average Bonchev–Trinajstić information content (AvgIpc) is 3.03. The smallest absolute Gasteiger partial charge is 0.197 e. The fourth-order valence-corrected chi connectivity index (χ4v) is 5.37. The van der Waals surface area contributed by atoms with Gasteiger partial charge in [-0.1, -0.05) is 41.5 Å². The van der Waals surface area contributed by atoms with Gasteiger partial charge in [0, 0.05) is 29.8 Å². The number of fused-ring (bicyclic) bond motifs is 5. The van der Waals surface area contributed by atoms with Crippen molar-refractivity contribution < 1.29 is 4.79 Å². The minimum Gasteiger partial charge on any atom is -0.328 e. The summed E-state index contributed by atoms with van der Waals surface area (Å²) in [6, 6.07) is 16.6. The SMILES string of the molecule is CC1=CN2c3ccccc3C(=O)C23CC(C)=Cn2c3c(c3ccccc32)C1. The second-order valence-electron chi connectivity index (χ2n) is 8.10. The number of hydrogen-bond acceptors (Lipinski definition) is 2. The van der Waals surface area contributed by atoms with Crippen LogP contribution in [-0.4, -0.2) is 10.4 Å². The number of Topliss-reactive ketones (excluding diaryl/α,β-unsaturated/α-hetero) is 1. The first-order valence-electron chi connectivity index (χ1n) is 9.51. The standard InChI is InChI=1S/C24H20N2O/c1-15-11-19-17-7-3-5-9-20(17)25-13-16(2)12-24(22(19)25)23(27)18-8-4-6-10-21(18)26(24)14-15/h3-10,13-14H,11-12H2,1-2H3. The normalized spacial score (nSPS) is 22.7. The Morgan fingerprint density at radius 2 is 1.70 bits per heavy atom. The van der Waals surface area contributed by atoms with Crippen LogP contribution < -0.4 is 4.90 Å². The molecule has 3 aliphatic rings. The van der Waals surface area contributed by atoms with E-state index in [4.69, 9.17) is 0 Å². The van der Waals surface area contributed by atoms with Gasteiger partial charge in [0.2, 0.25) is 0 Å². The molecule has 2 aromatic carbocycles. The van der Waals surface area contributed by atoms with Crippen molar-refractivity contribution in [1.82, 2.24) is 4.57 Å². The molecule has 27 heavy (non-hydrogen) atoms. The van der Waals surface area contributed by atoms with Gasteiger partial charge in [-0.25, -0.2) is 0 Å². The van der Waals surface area contributed by atoms with E-state index < -0.39 is 5.54 Å². The summed E-state index contributed by atoms with van der Waals surface area (Å²) in [6.45, 7) is 4.32. The molecule has 0 N–H and O–H groups in total. The van der Waals surface area contributed by atoms with Crippen LogP contribution in [0.15, 0.2) is 65.9 Å². The number of carbonyl (C=O) groups is 1. The fourth-order valence-electron chi connectivity index (χ4n) is 5.37. The van der Waals surface area contributed by atoms with Crippen LogP contribution in [0.25, 0.3) is 17.1 Å². The topological polar surface area (TPSA) is 25.2 Å². The predicted octanol–water partition coefficient (Wildman–Crippen LogP) is 5.26. The quantitative estimate of drug-likeness (QED) is 0.551. The van der Waals surface area contributed by atoms with Crippen molar-refractivity contribution in [3.05, 3.63) is 82.7 Å². The molecule has 0 aliphatic carbocycles. The van der Waals surface area contributed by atoms with E-state index in [1.54, 1.807) is 0 Å². The van der Waals surface area contributed by atoms with Crippen molar-refractivity contribution in [3.8, 4) is 0 Å². The lowest BCUT2D eigenvalue weighted by molar-refractivity contribution is 0.0896. The average molecular weight is 352 g/mol. The summed E-state index contributed by atoms with van der Waals surface area (Å²) in [7, 11) is 0. The van der Waals surface area contributed by atoms with E-state index in [0.717, 1.165) is 29.8 Å². The molecule has 4 heterocycles. The van der Waals surface area contributed by atoms with Gasteiger partial charge in [0.1, 0.15) is 0 Å². The Morgan fingerprint density at radius 1 is 0.926 bits per heavy atom. The second kappa shape index (κ2) is 4.80. The molecule has 0 bridgehead atoms. The first kappa shape index (κ1) is 15.0. The van der Waals surface area contributed by atoms with Crippen LogP contribution in [0.1, 0.15) is 41.9 Å². The fraction of sp³-hybridized carbons (Fsp3) is 0.208. The molecule has 1 atom stereocenters. The van der Waals surface area contributed by atoms with Gasteiger partial charge in [-0.15, -0.1) is 0 Å². The molecular weight excluding hydrogens is 332 g/mol. The number of aromatic nitrogens is 1. The van der Waals surface area contributed by atoms with E-state index in [1.807, 2.05) is 18.2 Å². The summed E-state index contributed by atoms with van der Waals surface area (Å²) in [5.74, 6) is 0.224. The number of para-hydroxylation sites is 2. The maximum Gasteiger partial charge on any atom is 0.197 e. The molecule has 132 valence electrons. The van der Waals surface area contributed by atoms with Crippen LogP contribution in [0.2, 0.25) is 0 Å². The highest BCUT2D eigenvalue weighted by Gasteiger charge is 2.56. The van der Waals surface area contributed by atoms with Crippen molar-refractivity contribution in [2.24, 2.45) is 0 Å². The van der Waals surface area contributed by atoms with E-state index in [-0.39, 0.29) is 5.78 Å². The third-order valence-corrected chi connectivity index (χ3v) is 6.29. The molecule has 0 saturated carbocycles. The van der Waals surface area contributed by atoms with Gasteiger partial charge in [-0.2, -0.15) is 0 Å². The molecule has 3 aliphatic heterocycles. The number of nitrogens with zero attached hydrogens (tertiary/aromatic N) is 2. The van der Waals surface area contributed by atoms with Crippen molar-refractivity contribution in [2.75, 3.05) is 4.90 Å². The lowest BCUT2D eigenvalue weighted by atomic mass is 9.79. The molecular formula is C24H20N2O. The number of carbonyl (C=O) groups excluding carboxylic acids is 1. The zero-order chi connectivity index (χ0) is 18.3.